The summed E-state index contributed by atoms with van der Waals surface area (Å²) in [6.45, 7) is 13.0. The first-order chi connectivity index (χ1) is 15.1. The van der Waals surface area contributed by atoms with Crippen molar-refractivity contribution < 1.29 is 14.3 Å². The Morgan fingerprint density at radius 3 is 2.66 bits per heavy atom. The number of aromatic nitrogens is 2. The van der Waals surface area contributed by atoms with Gasteiger partial charge in [0.25, 0.3) is 0 Å². The van der Waals surface area contributed by atoms with Crippen molar-refractivity contribution in [1.29, 1.82) is 0 Å². The highest BCUT2D eigenvalue weighted by Crippen LogP contribution is 2.35. The number of carbonyl (C=O) groups is 1. The van der Waals surface area contributed by atoms with Crippen LogP contribution >= 0.6 is 0 Å². The number of carbonyl (C=O) groups excluding carboxylic acids is 1. The molecule has 7 nitrogen and oxygen atoms in total. The van der Waals surface area contributed by atoms with Gasteiger partial charge in [-0.15, -0.1) is 0 Å². The third-order valence-electron chi connectivity index (χ3n) is 6.00. The molecule has 32 heavy (non-hydrogen) atoms. The molecule has 1 aliphatic heterocycles. The predicted molar refractivity (Wildman–Crippen MR) is 129 cm³/mol. The fraction of sp³-hybridized carbons (Fsp3) is 0.760. The van der Waals surface area contributed by atoms with Crippen molar-refractivity contribution in [3.05, 3.63) is 23.5 Å². The van der Waals surface area contributed by atoms with E-state index < -0.39 is 5.60 Å². The van der Waals surface area contributed by atoms with E-state index in [9.17, 15) is 4.79 Å². The Hall–Kier alpha value is -1.86. The van der Waals surface area contributed by atoms with Gasteiger partial charge in [-0.05, 0) is 58.7 Å². The maximum atomic E-state index is 12.2. The molecule has 0 saturated carbocycles. The lowest BCUT2D eigenvalue weighted by Crippen LogP contribution is -2.38. The van der Waals surface area contributed by atoms with Crippen LogP contribution in [0.5, 0.6) is 0 Å². The van der Waals surface area contributed by atoms with Gasteiger partial charge in [0, 0.05) is 32.2 Å². The van der Waals surface area contributed by atoms with Crippen molar-refractivity contribution in [2.45, 2.75) is 90.9 Å². The lowest BCUT2D eigenvalue weighted by atomic mass is 9.87. The van der Waals surface area contributed by atoms with Crippen LogP contribution in [0.3, 0.4) is 0 Å². The van der Waals surface area contributed by atoms with Gasteiger partial charge < -0.3 is 19.3 Å². The van der Waals surface area contributed by atoms with E-state index in [4.69, 9.17) is 9.47 Å². The zero-order valence-electron chi connectivity index (χ0n) is 21.3. The molecule has 182 valence electrons. The number of H-pyrrole nitrogens is 1. The minimum Gasteiger partial charge on any atom is -0.444 e. The number of hydrogen-bond donors (Lipinski definition) is 1. The highest BCUT2D eigenvalue weighted by atomic mass is 16.6. The van der Waals surface area contributed by atoms with Crippen LogP contribution in [0, 0.1) is 0 Å². The molecule has 0 radical (unpaired) electrons. The molecule has 1 aromatic heterocycles. The largest absolute Gasteiger partial charge is 0.444 e. The molecule has 2 heterocycles. The summed E-state index contributed by atoms with van der Waals surface area (Å²) in [6.07, 6.45) is 10.6. The second kappa shape index (κ2) is 11.8. The second-order valence-electron chi connectivity index (χ2n) is 10.1. The van der Waals surface area contributed by atoms with Crippen molar-refractivity contribution in [2.24, 2.45) is 0 Å². The molecule has 1 amide bonds. The van der Waals surface area contributed by atoms with Gasteiger partial charge in [0.05, 0.1) is 24.1 Å². The minimum absolute atomic E-state index is 0.160. The molecule has 0 fully saturated rings. The lowest BCUT2D eigenvalue weighted by molar-refractivity contribution is -0.0222. The molecule has 1 unspecified atom stereocenters. The molecule has 0 spiro atoms. The van der Waals surface area contributed by atoms with Gasteiger partial charge in [0.2, 0.25) is 0 Å². The molecular weight excluding hydrogens is 404 g/mol. The third kappa shape index (κ3) is 7.93. The van der Waals surface area contributed by atoms with Crippen molar-refractivity contribution in [3.63, 3.8) is 0 Å². The summed E-state index contributed by atoms with van der Waals surface area (Å²) in [7, 11) is 3.85. The van der Waals surface area contributed by atoms with Crippen molar-refractivity contribution in [1.82, 2.24) is 20.0 Å². The van der Waals surface area contributed by atoms with Crippen LogP contribution in [0.2, 0.25) is 0 Å². The number of likely N-dealkylation sites (N-methyl/N-ethyl adjacent to an activating group) is 2. The number of ether oxygens (including phenoxy) is 2. The topological polar surface area (TPSA) is 70.7 Å². The van der Waals surface area contributed by atoms with E-state index >= 15 is 0 Å². The predicted octanol–water partition coefficient (Wildman–Crippen LogP) is 5.24. The standard InChI is InChI=1S/C25H44N4O3/c1-8-10-11-13-25(9-2)17-20(12-16-31-25)22-21(18-26-27-22)19-28(6)14-15-29(7)23(30)32-24(3,4)5/h17-18H,8-16,19H2,1-7H3,(H,26,27). The average molecular weight is 449 g/mol. The lowest BCUT2D eigenvalue weighted by Gasteiger charge is -2.35. The monoisotopic (exact) mass is 448 g/mol. The normalized spacial score (nSPS) is 19.2. The maximum absolute atomic E-state index is 12.2. The Bertz CT molecular complexity index is 753. The van der Waals surface area contributed by atoms with E-state index in [2.05, 4.69) is 42.1 Å². The molecule has 0 aliphatic carbocycles. The van der Waals surface area contributed by atoms with Crippen LogP contribution in [0.15, 0.2) is 12.3 Å². The highest BCUT2D eigenvalue weighted by molar-refractivity contribution is 5.68. The van der Waals surface area contributed by atoms with Crippen molar-refractivity contribution in [2.75, 3.05) is 33.8 Å². The van der Waals surface area contributed by atoms with Crippen LogP contribution < -0.4 is 0 Å². The Morgan fingerprint density at radius 2 is 2.00 bits per heavy atom. The van der Waals surface area contributed by atoms with Crippen LogP contribution in [-0.2, 0) is 16.0 Å². The molecule has 1 aromatic rings. The molecule has 0 bridgehead atoms. The number of amides is 1. The zero-order chi connectivity index (χ0) is 23.8. The zero-order valence-corrected chi connectivity index (χ0v) is 21.3. The van der Waals surface area contributed by atoms with Gasteiger partial charge in [-0.1, -0.05) is 33.1 Å². The number of nitrogens with zero attached hydrogens (tertiary/aromatic N) is 3. The van der Waals surface area contributed by atoms with Crippen LogP contribution in [0.4, 0.5) is 4.79 Å². The summed E-state index contributed by atoms with van der Waals surface area (Å²) >= 11 is 0. The molecule has 1 N–H and O–H groups in total. The molecular formula is C25H44N4O3. The smallest absolute Gasteiger partial charge is 0.410 e. The van der Waals surface area contributed by atoms with E-state index in [1.54, 1.807) is 11.9 Å². The minimum atomic E-state index is -0.482. The fourth-order valence-electron chi connectivity index (χ4n) is 4.02. The van der Waals surface area contributed by atoms with E-state index in [1.165, 1.54) is 30.4 Å². The third-order valence-corrected chi connectivity index (χ3v) is 6.00. The first-order valence-corrected chi connectivity index (χ1v) is 12.1. The number of rotatable bonds is 11. The molecule has 0 aromatic carbocycles. The fourth-order valence-corrected chi connectivity index (χ4v) is 4.02. The summed E-state index contributed by atoms with van der Waals surface area (Å²) in [5.74, 6) is 0. The molecule has 0 saturated heterocycles. The highest BCUT2D eigenvalue weighted by Gasteiger charge is 2.31. The van der Waals surface area contributed by atoms with Crippen molar-refractivity contribution >= 4 is 11.7 Å². The first kappa shape index (κ1) is 26.4. The quantitative estimate of drug-likeness (QED) is 0.469. The number of nitrogens with one attached hydrogen (secondary N) is 1. The summed E-state index contributed by atoms with van der Waals surface area (Å²) < 4.78 is 11.7. The summed E-state index contributed by atoms with van der Waals surface area (Å²) in [6, 6.07) is 0. The van der Waals surface area contributed by atoms with E-state index in [0.717, 1.165) is 44.7 Å². The second-order valence-corrected chi connectivity index (χ2v) is 10.1. The SMILES string of the molecule is CCCCCC1(CC)C=C(c2[nH]ncc2CN(C)CCN(C)C(=O)OC(C)(C)C)CCO1. The van der Waals surface area contributed by atoms with Crippen LogP contribution in [0.1, 0.15) is 84.4 Å². The van der Waals surface area contributed by atoms with Crippen LogP contribution in [0.25, 0.3) is 5.57 Å². The first-order valence-electron chi connectivity index (χ1n) is 12.1. The molecule has 1 atom stereocenters. The van der Waals surface area contributed by atoms with Gasteiger partial charge in [0.1, 0.15) is 5.60 Å². The van der Waals surface area contributed by atoms with Crippen LogP contribution in [-0.4, -0.2) is 71.1 Å². The summed E-state index contributed by atoms with van der Waals surface area (Å²) in [5, 5.41) is 7.58. The molecule has 1 aliphatic rings. The maximum Gasteiger partial charge on any atom is 0.410 e. The number of hydrogen-bond acceptors (Lipinski definition) is 5. The van der Waals surface area contributed by atoms with E-state index in [-0.39, 0.29) is 11.7 Å². The molecule has 7 heteroatoms. The van der Waals surface area contributed by atoms with E-state index in [1.807, 2.05) is 27.0 Å². The van der Waals surface area contributed by atoms with Gasteiger partial charge in [-0.25, -0.2) is 4.79 Å². The van der Waals surface area contributed by atoms with Gasteiger partial charge >= 0.3 is 6.09 Å². The average Bonchev–Trinajstić information content (AvgIpc) is 3.19. The summed E-state index contributed by atoms with van der Waals surface area (Å²) in [4.78, 5) is 16.0. The van der Waals surface area contributed by atoms with Crippen molar-refractivity contribution in [3.8, 4) is 0 Å². The van der Waals surface area contributed by atoms with Gasteiger partial charge in [-0.2, -0.15) is 5.10 Å². The van der Waals surface area contributed by atoms with Gasteiger partial charge in [0.15, 0.2) is 0 Å². The summed E-state index contributed by atoms with van der Waals surface area (Å²) in [5.41, 5.74) is 2.96. The Labute approximate surface area is 194 Å². The number of aromatic amines is 1. The Balaban J connectivity index is 2.00. The number of unbranched alkanes of at least 4 members (excludes halogenated alkanes) is 2. The Morgan fingerprint density at radius 1 is 1.25 bits per heavy atom. The Kier molecular flexibility index (Phi) is 9.77. The van der Waals surface area contributed by atoms with E-state index in [0.29, 0.717) is 6.54 Å². The molecule has 2 rings (SSSR count). The van der Waals surface area contributed by atoms with Gasteiger partial charge in [-0.3, -0.25) is 5.10 Å².